The molecule has 0 bridgehead atoms. The van der Waals surface area contributed by atoms with E-state index in [1.165, 1.54) is 44.9 Å². The molecule has 100 valence electrons. The van der Waals surface area contributed by atoms with Gasteiger partial charge in [-0.15, -0.1) is 0 Å². The van der Waals surface area contributed by atoms with E-state index in [1.807, 2.05) is 0 Å². The van der Waals surface area contributed by atoms with Crippen LogP contribution in [-0.4, -0.2) is 12.6 Å². The van der Waals surface area contributed by atoms with E-state index in [0.29, 0.717) is 18.4 Å². The number of unbranched alkanes of at least 4 members (excludes halogenated alkanes) is 3. The van der Waals surface area contributed by atoms with E-state index in [0.717, 1.165) is 12.8 Å². The van der Waals surface area contributed by atoms with Gasteiger partial charge in [0.15, 0.2) is 0 Å². The van der Waals surface area contributed by atoms with E-state index in [4.69, 9.17) is 4.74 Å². The minimum Gasteiger partial charge on any atom is -0.466 e. The number of ether oxygens (including phenoxy) is 1. The Morgan fingerprint density at radius 2 is 2.00 bits per heavy atom. The molecule has 2 heteroatoms. The maximum Gasteiger partial charge on any atom is 0.305 e. The molecule has 1 fully saturated rings. The number of carbonyl (C=O) groups excluding carboxylic acids is 1. The first kappa shape index (κ1) is 14.5. The fraction of sp³-hybridized carbons (Fsp3) is 0.933. The zero-order chi connectivity index (χ0) is 12.6. The molecule has 17 heavy (non-hydrogen) atoms. The average Bonchev–Trinajstić information content (AvgIpc) is 2.33. The summed E-state index contributed by atoms with van der Waals surface area (Å²) >= 11 is 0. The molecule has 1 aliphatic rings. The first-order valence-corrected chi connectivity index (χ1v) is 7.38. The third-order valence-corrected chi connectivity index (χ3v) is 4.28. The van der Waals surface area contributed by atoms with Gasteiger partial charge in [0.1, 0.15) is 0 Å². The second-order valence-corrected chi connectivity index (χ2v) is 5.49. The van der Waals surface area contributed by atoms with Crippen molar-refractivity contribution in [3.63, 3.8) is 0 Å². The van der Waals surface area contributed by atoms with Gasteiger partial charge in [0.2, 0.25) is 0 Å². The molecule has 1 rings (SSSR count). The fourth-order valence-corrected chi connectivity index (χ4v) is 2.90. The van der Waals surface area contributed by atoms with Crippen molar-refractivity contribution < 1.29 is 9.53 Å². The molecule has 0 radical (unpaired) electrons. The van der Waals surface area contributed by atoms with Crippen LogP contribution in [0, 0.1) is 5.41 Å². The molecule has 0 amide bonds. The number of rotatable bonds is 6. The number of cyclic esters (lactones) is 1. The van der Waals surface area contributed by atoms with E-state index >= 15 is 0 Å². The Balaban J connectivity index is 2.42. The van der Waals surface area contributed by atoms with Crippen LogP contribution in [0.4, 0.5) is 0 Å². The second-order valence-electron chi connectivity index (χ2n) is 5.49. The minimum absolute atomic E-state index is 0.0103. The lowest BCUT2D eigenvalue weighted by Gasteiger charge is -2.34. The van der Waals surface area contributed by atoms with Crippen molar-refractivity contribution in [2.75, 3.05) is 6.61 Å². The topological polar surface area (TPSA) is 26.3 Å². The first-order valence-electron chi connectivity index (χ1n) is 7.38. The summed E-state index contributed by atoms with van der Waals surface area (Å²) < 4.78 is 5.12. The Kier molecular flexibility index (Phi) is 6.61. The van der Waals surface area contributed by atoms with Gasteiger partial charge >= 0.3 is 5.97 Å². The lowest BCUT2D eigenvalue weighted by atomic mass is 9.72. The predicted octanol–water partition coefficient (Wildman–Crippen LogP) is 4.47. The smallest absolute Gasteiger partial charge is 0.305 e. The SMILES string of the molecule is CCCCCCC1(CC)CCCOC(=O)CC1. The number of carbonyl (C=O) groups is 1. The first-order chi connectivity index (χ1) is 8.22. The summed E-state index contributed by atoms with van der Waals surface area (Å²) in [6.07, 6.45) is 11.8. The molecule has 0 saturated carbocycles. The predicted molar refractivity (Wildman–Crippen MR) is 70.9 cm³/mol. The van der Waals surface area contributed by atoms with Gasteiger partial charge in [-0.25, -0.2) is 0 Å². The van der Waals surface area contributed by atoms with Crippen LogP contribution in [0.15, 0.2) is 0 Å². The highest BCUT2D eigenvalue weighted by molar-refractivity contribution is 5.69. The van der Waals surface area contributed by atoms with E-state index in [2.05, 4.69) is 13.8 Å². The van der Waals surface area contributed by atoms with E-state index in [-0.39, 0.29) is 5.97 Å². The normalized spacial score (nSPS) is 26.1. The van der Waals surface area contributed by atoms with Gasteiger partial charge in [0.05, 0.1) is 6.61 Å². The average molecular weight is 240 g/mol. The maximum absolute atomic E-state index is 11.4. The van der Waals surface area contributed by atoms with Crippen LogP contribution in [0.3, 0.4) is 0 Å². The summed E-state index contributed by atoms with van der Waals surface area (Å²) in [6, 6.07) is 0. The quantitative estimate of drug-likeness (QED) is 0.506. The Morgan fingerprint density at radius 3 is 2.71 bits per heavy atom. The van der Waals surface area contributed by atoms with Gasteiger partial charge in [-0.3, -0.25) is 4.79 Å². The lowest BCUT2D eigenvalue weighted by molar-refractivity contribution is -0.146. The van der Waals surface area contributed by atoms with Gasteiger partial charge in [-0.05, 0) is 31.1 Å². The summed E-state index contributed by atoms with van der Waals surface area (Å²) in [5, 5.41) is 0. The van der Waals surface area contributed by atoms with Crippen molar-refractivity contribution in [2.24, 2.45) is 5.41 Å². The van der Waals surface area contributed by atoms with Gasteiger partial charge in [0.25, 0.3) is 0 Å². The molecule has 0 aromatic carbocycles. The van der Waals surface area contributed by atoms with Crippen molar-refractivity contribution in [3.05, 3.63) is 0 Å². The van der Waals surface area contributed by atoms with Crippen LogP contribution < -0.4 is 0 Å². The van der Waals surface area contributed by atoms with Crippen LogP contribution in [0.5, 0.6) is 0 Å². The highest BCUT2D eigenvalue weighted by Crippen LogP contribution is 2.40. The summed E-state index contributed by atoms with van der Waals surface area (Å²) in [7, 11) is 0. The van der Waals surface area contributed by atoms with Crippen LogP contribution in [0.25, 0.3) is 0 Å². The molecule has 0 aliphatic carbocycles. The van der Waals surface area contributed by atoms with Crippen molar-refractivity contribution in [1.82, 2.24) is 0 Å². The Bertz CT molecular complexity index is 225. The molecule has 1 aliphatic heterocycles. The number of hydrogen-bond donors (Lipinski definition) is 0. The molecule has 0 spiro atoms. The molecule has 1 unspecified atom stereocenters. The van der Waals surface area contributed by atoms with Crippen LogP contribution in [0.1, 0.15) is 78.1 Å². The molecule has 0 aromatic heterocycles. The van der Waals surface area contributed by atoms with Crippen LogP contribution in [0.2, 0.25) is 0 Å². The Labute approximate surface area is 106 Å². The molecular formula is C15H28O2. The Morgan fingerprint density at radius 1 is 1.18 bits per heavy atom. The molecule has 0 aromatic rings. The summed E-state index contributed by atoms with van der Waals surface area (Å²) in [5.41, 5.74) is 0.424. The van der Waals surface area contributed by atoms with Crippen molar-refractivity contribution >= 4 is 5.97 Å². The van der Waals surface area contributed by atoms with Gasteiger partial charge in [0, 0.05) is 6.42 Å². The van der Waals surface area contributed by atoms with E-state index < -0.39 is 0 Å². The minimum atomic E-state index is 0.0103. The third-order valence-electron chi connectivity index (χ3n) is 4.28. The molecule has 2 nitrogen and oxygen atoms in total. The number of esters is 1. The lowest BCUT2D eigenvalue weighted by Crippen LogP contribution is -2.25. The zero-order valence-electron chi connectivity index (χ0n) is 11.6. The van der Waals surface area contributed by atoms with Crippen molar-refractivity contribution in [1.29, 1.82) is 0 Å². The van der Waals surface area contributed by atoms with E-state index in [1.54, 1.807) is 0 Å². The molecule has 0 N–H and O–H groups in total. The maximum atomic E-state index is 11.4. The molecule has 1 heterocycles. The summed E-state index contributed by atoms with van der Waals surface area (Å²) in [6.45, 7) is 5.17. The largest absolute Gasteiger partial charge is 0.466 e. The monoisotopic (exact) mass is 240 g/mol. The summed E-state index contributed by atoms with van der Waals surface area (Å²) in [4.78, 5) is 11.4. The van der Waals surface area contributed by atoms with Gasteiger partial charge < -0.3 is 4.74 Å². The Hall–Kier alpha value is -0.530. The van der Waals surface area contributed by atoms with Crippen molar-refractivity contribution in [2.45, 2.75) is 78.1 Å². The zero-order valence-corrected chi connectivity index (χ0v) is 11.6. The fourth-order valence-electron chi connectivity index (χ4n) is 2.90. The molecule has 1 atom stereocenters. The third kappa shape index (κ3) is 5.10. The molecule has 1 saturated heterocycles. The van der Waals surface area contributed by atoms with Crippen LogP contribution >= 0.6 is 0 Å². The van der Waals surface area contributed by atoms with Gasteiger partial charge in [-0.2, -0.15) is 0 Å². The summed E-state index contributed by atoms with van der Waals surface area (Å²) in [5.74, 6) is 0.0103. The number of hydrogen-bond acceptors (Lipinski definition) is 2. The van der Waals surface area contributed by atoms with Crippen molar-refractivity contribution in [3.8, 4) is 0 Å². The van der Waals surface area contributed by atoms with Crippen LogP contribution in [-0.2, 0) is 9.53 Å². The van der Waals surface area contributed by atoms with E-state index in [9.17, 15) is 4.79 Å². The molecular weight excluding hydrogens is 212 g/mol. The standard InChI is InChI=1S/C15H28O2/c1-3-5-6-7-10-15(4-2)11-8-13-17-14(16)9-12-15/h3-13H2,1-2H3. The van der Waals surface area contributed by atoms with Gasteiger partial charge in [-0.1, -0.05) is 46.0 Å². The second kappa shape index (κ2) is 7.73. The highest BCUT2D eigenvalue weighted by Gasteiger charge is 2.29. The highest BCUT2D eigenvalue weighted by atomic mass is 16.5.